The molecule has 0 aliphatic carbocycles. The summed E-state index contributed by atoms with van der Waals surface area (Å²) in [6.07, 6.45) is 0. The molecule has 12 heteroatoms. The predicted molar refractivity (Wildman–Crippen MR) is 36.4 cm³/mol. The molecule has 0 aliphatic heterocycles. The minimum absolute atomic E-state index is 1.03. The molecule has 0 saturated carbocycles. The average molecular weight is 466 g/mol. The Labute approximate surface area is 101 Å². The second-order valence-electron chi connectivity index (χ2n) is 2.15. The molecule has 0 bridgehead atoms. The van der Waals surface area contributed by atoms with Crippen molar-refractivity contribution in [1.29, 1.82) is 31.6 Å². The fraction of sp³-hybridized carbons (Fsp3) is 0. The summed E-state index contributed by atoms with van der Waals surface area (Å²) in [5, 5.41) is 51.5. The molecule has 0 amide bonds. The number of rotatable bonds is 0. The van der Waals surface area contributed by atoms with Gasteiger partial charge in [-0.2, -0.15) is 0 Å². The van der Waals surface area contributed by atoms with Crippen LogP contribution in [0, 0.1) is 61.4 Å². The molecule has 0 aliphatic rings. The minimum atomic E-state index is -6.17. The van der Waals surface area contributed by atoms with Crippen LogP contribution < -0.4 is 0 Å². The first-order valence-electron chi connectivity index (χ1n) is 2.98. The second-order valence-corrected chi connectivity index (χ2v) is 10.3. The predicted octanol–water partition coefficient (Wildman–Crippen LogP) is -0.380. The maximum atomic E-state index is 8.63. The third-order valence-corrected chi connectivity index (χ3v) is 4.89. The van der Waals surface area contributed by atoms with Crippen LogP contribution in [0.5, 0.6) is 0 Å². The van der Waals surface area contributed by atoms with Crippen molar-refractivity contribution < 1.29 is 39.7 Å². The average Bonchev–Trinajstić information content (AvgIpc) is 2.34. The zero-order chi connectivity index (χ0) is 15.2. The van der Waals surface area contributed by atoms with Crippen molar-refractivity contribution in [2.75, 3.05) is 0 Å². The molecule has 0 fully saturated rings. The fourth-order valence-corrected chi connectivity index (χ4v) is 1.09. The second kappa shape index (κ2) is 4.28. The summed E-state index contributed by atoms with van der Waals surface area (Å²) < 4.78 is 34.5. The van der Waals surface area contributed by atoms with E-state index in [1.54, 1.807) is 0 Å². The summed E-state index contributed by atoms with van der Waals surface area (Å²) in [6.45, 7) is 0. The maximum absolute atomic E-state index is 8.63. The molecule has 0 unspecified atom stereocenters. The van der Waals surface area contributed by atoms with Crippen molar-refractivity contribution in [3.05, 3.63) is 0 Å². The van der Waals surface area contributed by atoms with Crippen molar-refractivity contribution in [3.63, 3.8) is 0 Å². The monoisotopic (exact) mass is 468 g/mol. The van der Waals surface area contributed by atoms with Crippen molar-refractivity contribution in [1.82, 2.24) is 0 Å². The van der Waals surface area contributed by atoms with Crippen molar-refractivity contribution in [3.8, 4) is 29.8 Å². The molecule has 94 valence electrons. The van der Waals surface area contributed by atoms with E-state index in [0.717, 1.165) is 29.8 Å². The van der Waals surface area contributed by atoms with Gasteiger partial charge in [-0.05, 0) is 0 Å². The van der Waals surface area contributed by atoms with Crippen LogP contribution >= 0.6 is 0 Å². The van der Waals surface area contributed by atoms with E-state index in [0.29, 0.717) is 0 Å². The summed E-state index contributed by atoms with van der Waals surface area (Å²) in [7, 11) is -6.17. The van der Waals surface area contributed by atoms with Crippen molar-refractivity contribution in [2.24, 2.45) is 0 Å². The van der Waals surface area contributed by atoms with Gasteiger partial charge in [-0.3, -0.25) is 0 Å². The molecular formula is C6FeN6O4Os. The molecule has 0 spiro atoms. The van der Waals surface area contributed by atoms with Crippen LogP contribution in [-0.4, -0.2) is 0 Å². The van der Waals surface area contributed by atoms with Gasteiger partial charge in [-0.15, -0.1) is 0 Å². The van der Waals surface area contributed by atoms with Gasteiger partial charge in [0.1, 0.15) is 0 Å². The zero-order valence-electron chi connectivity index (χ0n) is 8.02. The number of nitrogens with zero attached hydrogens (tertiary/aromatic N) is 6. The van der Waals surface area contributed by atoms with Crippen LogP contribution in [-0.2, 0) is 39.7 Å². The summed E-state index contributed by atoms with van der Waals surface area (Å²) in [4.78, 5) is 6.19. The molecule has 0 heterocycles. The van der Waals surface area contributed by atoms with Crippen LogP contribution in [0.15, 0.2) is 0 Å². The number of hydrogen-bond acceptors (Lipinski definition) is 10. The van der Waals surface area contributed by atoms with Crippen molar-refractivity contribution >= 4 is 0 Å². The van der Waals surface area contributed by atoms with Gasteiger partial charge >= 0.3 is 101 Å². The van der Waals surface area contributed by atoms with E-state index >= 15 is 0 Å². The topological polar surface area (TPSA) is 211 Å². The summed E-state index contributed by atoms with van der Waals surface area (Å²) in [5.41, 5.74) is 0. The van der Waals surface area contributed by atoms with E-state index in [1.165, 1.54) is 0 Å². The molecule has 10 nitrogen and oxygen atoms in total. The van der Waals surface area contributed by atoms with Gasteiger partial charge in [0.25, 0.3) is 0 Å². The summed E-state index contributed by atoms with van der Waals surface area (Å²) in [5.74, 6) is 0. The Hall–Kier alpha value is -2.70. The van der Waals surface area contributed by atoms with Crippen LogP contribution in [0.1, 0.15) is 0 Å². The third kappa shape index (κ3) is 2.70. The molecule has 0 radical (unpaired) electrons. The Morgan fingerprint density at radius 3 is 0.667 bits per heavy atom. The molecule has 0 atom stereocenters. The molecule has 0 saturated heterocycles. The first-order valence-corrected chi connectivity index (χ1v) is 10.4. The van der Waals surface area contributed by atoms with E-state index in [-0.39, 0.29) is 0 Å². The standard InChI is InChI=1S/6CN.Fe.4O.Os/c6*1-2;;;;;;. The molecule has 0 aromatic heterocycles. The molecular weight excluding hydrogens is 466 g/mol. The zero-order valence-corrected chi connectivity index (χ0v) is 11.7. The number of hydrogen-bond donors (Lipinski definition) is 0. The Kier molecular flexibility index (Phi) is 4.21. The first kappa shape index (κ1) is 17.7. The van der Waals surface area contributed by atoms with Crippen molar-refractivity contribution in [2.45, 2.75) is 0 Å². The van der Waals surface area contributed by atoms with Crippen LogP contribution in [0.25, 0.3) is 0 Å². The van der Waals surface area contributed by atoms with E-state index in [2.05, 4.69) is 0 Å². The molecule has 0 rings (SSSR count). The Morgan fingerprint density at radius 1 is 0.556 bits per heavy atom. The Bertz CT molecular complexity index is 705. The van der Waals surface area contributed by atoms with Crippen LogP contribution in [0.4, 0.5) is 0 Å². The summed E-state index contributed by atoms with van der Waals surface area (Å²) in [6, 6.07) is 0. The quantitative estimate of drug-likeness (QED) is 0.422. The summed E-state index contributed by atoms with van der Waals surface area (Å²) >= 11 is -6.06. The number of nitriles is 6. The van der Waals surface area contributed by atoms with Gasteiger partial charge in [0.15, 0.2) is 0 Å². The molecule has 0 aromatic carbocycles. The Balaban J connectivity index is 0. The fourth-order valence-electron chi connectivity index (χ4n) is 0.265. The first-order chi connectivity index (χ1) is 7.97. The van der Waals surface area contributed by atoms with Gasteiger partial charge in [-0.25, -0.2) is 0 Å². The van der Waals surface area contributed by atoms with E-state index in [1.807, 2.05) is 0 Å². The normalized spacial score (nSPS) is 12.8. The molecule has 0 N–H and O–H groups in total. The van der Waals surface area contributed by atoms with Crippen LogP contribution in [0.2, 0.25) is 0 Å². The van der Waals surface area contributed by atoms with Gasteiger partial charge in [0, 0.05) is 0 Å². The molecule has 18 heavy (non-hydrogen) atoms. The van der Waals surface area contributed by atoms with E-state index < -0.39 is 25.6 Å². The SMILES string of the molecule is N#[C][Fe]([C]#N)([C]#N)([C]#N)([C]#N)[C]#N.[O]=[Os](=[O])(=[O])=[O]. The molecule has 0 aromatic rings. The van der Waals surface area contributed by atoms with Crippen LogP contribution in [0.3, 0.4) is 0 Å². The van der Waals surface area contributed by atoms with Gasteiger partial charge in [0.2, 0.25) is 0 Å². The Morgan fingerprint density at radius 2 is 0.667 bits per heavy atom. The van der Waals surface area contributed by atoms with E-state index in [9.17, 15) is 0 Å². The third-order valence-electron chi connectivity index (χ3n) is 1.19. The van der Waals surface area contributed by atoms with Gasteiger partial charge in [-0.1, -0.05) is 0 Å². The van der Waals surface area contributed by atoms with Gasteiger partial charge in [0.05, 0.1) is 0 Å². The van der Waals surface area contributed by atoms with Gasteiger partial charge < -0.3 is 0 Å². The van der Waals surface area contributed by atoms with E-state index in [4.69, 9.17) is 45.7 Å².